The lowest BCUT2D eigenvalue weighted by Gasteiger charge is -2.28. The fourth-order valence-corrected chi connectivity index (χ4v) is 4.41. The summed E-state index contributed by atoms with van der Waals surface area (Å²) in [6.07, 6.45) is 14.4. The summed E-state index contributed by atoms with van der Waals surface area (Å²) < 4.78 is 5.80. The lowest BCUT2D eigenvalue weighted by Crippen LogP contribution is -2.14. The first-order chi connectivity index (χ1) is 14.3. The molecule has 1 aromatic carbocycles. The quantitative estimate of drug-likeness (QED) is 0.369. The van der Waals surface area contributed by atoms with Crippen molar-refractivity contribution in [1.82, 2.24) is 10.2 Å². The molecule has 29 heavy (non-hydrogen) atoms. The van der Waals surface area contributed by atoms with Crippen molar-refractivity contribution in [1.29, 1.82) is 0 Å². The fourth-order valence-electron chi connectivity index (χ4n) is 4.41. The van der Waals surface area contributed by atoms with E-state index in [1.807, 2.05) is 12.1 Å². The Morgan fingerprint density at radius 3 is 2.17 bits per heavy atom. The van der Waals surface area contributed by atoms with Crippen LogP contribution in [0.3, 0.4) is 0 Å². The van der Waals surface area contributed by atoms with Gasteiger partial charge >= 0.3 is 0 Å². The van der Waals surface area contributed by atoms with E-state index in [0.29, 0.717) is 5.92 Å². The molecule has 0 atom stereocenters. The van der Waals surface area contributed by atoms with Gasteiger partial charge in [0.25, 0.3) is 0 Å². The summed E-state index contributed by atoms with van der Waals surface area (Å²) in [5.41, 5.74) is 3.22. The van der Waals surface area contributed by atoms with Crippen LogP contribution < -0.4 is 4.74 Å². The van der Waals surface area contributed by atoms with Gasteiger partial charge < -0.3 is 4.74 Å². The highest BCUT2D eigenvalue weighted by Crippen LogP contribution is 2.37. The van der Waals surface area contributed by atoms with E-state index < -0.39 is 0 Å². The molecule has 1 aromatic heterocycles. The van der Waals surface area contributed by atoms with Crippen molar-refractivity contribution in [3.05, 3.63) is 42.1 Å². The summed E-state index contributed by atoms with van der Waals surface area (Å²) in [4.78, 5) is 0. The number of rotatable bonds is 11. The highest BCUT2D eigenvalue weighted by Gasteiger charge is 2.23. The highest BCUT2D eigenvalue weighted by atomic mass is 16.5. The molecule has 0 radical (unpaired) electrons. The molecule has 158 valence electrons. The Morgan fingerprint density at radius 2 is 1.52 bits per heavy atom. The highest BCUT2D eigenvalue weighted by molar-refractivity contribution is 5.59. The Kier molecular flexibility index (Phi) is 8.98. The molecule has 0 saturated heterocycles. The molecule has 0 spiro atoms. The zero-order valence-electron chi connectivity index (χ0n) is 18.4. The minimum Gasteiger partial charge on any atom is -0.494 e. The normalized spacial score (nSPS) is 19.2. The number of nitrogens with zero attached hydrogens (tertiary/aromatic N) is 2. The first-order valence-corrected chi connectivity index (χ1v) is 11.9. The van der Waals surface area contributed by atoms with Crippen molar-refractivity contribution >= 4 is 0 Å². The molecule has 1 aliphatic carbocycles. The number of unbranched alkanes of at least 4 members (excludes halogenated alkanes) is 4. The summed E-state index contributed by atoms with van der Waals surface area (Å²) in [7, 11) is 0. The van der Waals surface area contributed by atoms with Crippen LogP contribution in [0.4, 0.5) is 0 Å². The Hall–Kier alpha value is -1.90. The fraction of sp³-hybridized carbons (Fsp3) is 0.615. The topological polar surface area (TPSA) is 35.0 Å². The monoisotopic (exact) mass is 394 g/mol. The Labute approximate surface area is 177 Å². The SMILES string of the molecule is CCCCCOc1ccc(-c2ccc([C@H]3CC[C@H](CCCCC)CC3)nn2)cc1. The Bertz CT molecular complexity index is 688. The van der Waals surface area contributed by atoms with Gasteiger partial charge in [0.05, 0.1) is 18.0 Å². The Balaban J connectivity index is 1.49. The van der Waals surface area contributed by atoms with Gasteiger partial charge in [-0.3, -0.25) is 0 Å². The third kappa shape index (κ3) is 6.83. The van der Waals surface area contributed by atoms with Crippen molar-refractivity contribution in [2.24, 2.45) is 5.92 Å². The summed E-state index contributed by atoms with van der Waals surface area (Å²) in [6, 6.07) is 12.6. The zero-order chi connectivity index (χ0) is 20.3. The van der Waals surface area contributed by atoms with Gasteiger partial charge in [-0.1, -0.05) is 52.4 Å². The van der Waals surface area contributed by atoms with Crippen LogP contribution >= 0.6 is 0 Å². The summed E-state index contributed by atoms with van der Waals surface area (Å²) >= 11 is 0. The molecule has 0 aliphatic heterocycles. The van der Waals surface area contributed by atoms with Crippen LogP contribution in [0.25, 0.3) is 11.3 Å². The van der Waals surface area contributed by atoms with Crippen LogP contribution in [0.5, 0.6) is 5.75 Å². The van der Waals surface area contributed by atoms with Gasteiger partial charge in [0.1, 0.15) is 5.75 Å². The molecule has 3 heteroatoms. The van der Waals surface area contributed by atoms with Gasteiger partial charge in [-0.25, -0.2) is 0 Å². The first kappa shape index (κ1) is 21.8. The third-order valence-electron chi connectivity index (χ3n) is 6.33. The molecule has 0 unspecified atom stereocenters. The van der Waals surface area contributed by atoms with Crippen LogP contribution in [0, 0.1) is 5.92 Å². The molecule has 3 nitrogen and oxygen atoms in total. The molecule has 1 heterocycles. The van der Waals surface area contributed by atoms with E-state index in [0.717, 1.165) is 36.0 Å². The standard InChI is InChI=1S/C26H38N2O/c1-3-5-7-9-21-10-12-22(13-11-21)25-18-19-26(28-27-25)23-14-16-24(17-15-23)29-20-8-6-4-2/h14-19,21-22H,3-13,20H2,1-2H3/t21-,22-. The second-order valence-electron chi connectivity index (χ2n) is 8.64. The molecule has 0 bridgehead atoms. The van der Waals surface area contributed by atoms with Crippen LogP contribution in [-0.4, -0.2) is 16.8 Å². The van der Waals surface area contributed by atoms with Gasteiger partial charge in [-0.2, -0.15) is 10.2 Å². The second kappa shape index (κ2) is 11.9. The number of benzene rings is 1. The van der Waals surface area contributed by atoms with Crippen molar-refractivity contribution in [2.45, 2.75) is 90.4 Å². The smallest absolute Gasteiger partial charge is 0.119 e. The van der Waals surface area contributed by atoms with Crippen LogP contribution in [0.1, 0.15) is 96.1 Å². The molecular formula is C26H38N2O. The molecule has 1 fully saturated rings. The predicted molar refractivity (Wildman–Crippen MR) is 121 cm³/mol. The minimum atomic E-state index is 0.595. The van der Waals surface area contributed by atoms with Gasteiger partial charge in [0, 0.05) is 11.5 Å². The average Bonchev–Trinajstić information content (AvgIpc) is 2.78. The van der Waals surface area contributed by atoms with Gasteiger partial charge in [0.15, 0.2) is 0 Å². The van der Waals surface area contributed by atoms with Crippen LogP contribution in [0.2, 0.25) is 0 Å². The van der Waals surface area contributed by atoms with Crippen molar-refractivity contribution in [3.63, 3.8) is 0 Å². The average molecular weight is 395 g/mol. The van der Waals surface area contributed by atoms with Crippen LogP contribution in [-0.2, 0) is 0 Å². The van der Waals surface area contributed by atoms with Gasteiger partial charge in [-0.05, 0) is 74.4 Å². The molecule has 2 aromatic rings. The van der Waals surface area contributed by atoms with E-state index in [2.05, 4.69) is 48.3 Å². The zero-order valence-corrected chi connectivity index (χ0v) is 18.4. The number of ether oxygens (including phenoxy) is 1. The third-order valence-corrected chi connectivity index (χ3v) is 6.33. The molecular weight excluding hydrogens is 356 g/mol. The lowest BCUT2D eigenvalue weighted by atomic mass is 9.78. The molecule has 3 rings (SSSR count). The number of hydrogen-bond donors (Lipinski definition) is 0. The van der Waals surface area contributed by atoms with E-state index in [4.69, 9.17) is 4.74 Å². The maximum absolute atomic E-state index is 5.80. The van der Waals surface area contributed by atoms with E-state index in [-0.39, 0.29) is 0 Å². The summed E-state index contributed by atoms with van der Waals surface area (Å²) in [5.74, 6) is 2.47. The number of aromatic nitrogens is 2. The van der Waals surface area contributed by atoms with E-state index in [1.54, 1.807) is 0 Å². The second-order valence-corrected chi connectivity index (χ2v) is 8.64. The number of hydrogen-bond acceptors (Lipinski definition) is 3. The van der Waals surface area contributed by atoms with Crippen LogP contribution in [0.15, 0.2) is 36.4 Å². The van der Waals surface area contributed by atoms with Gasteiger partial charge in [0.2, 0.25) is 0 Å². The van der Waals surface area contributed by atoms with Crippen molar-refractivity contribution in [2.75, 3.05) is 6.61 Å². The Morgan fingerprint density at radius 1 is 0.793 bits per heavy atom. The maximum atomic E-state index is 5.80. The lowest BCUT2D eigenvalue weighted by molar-refractivity contribution is 0.299. The largest absolute Gasteiger partial charge is 0.494 e. The predicted octanol–water partition coefficient (Wildman–Crippen LogP) is 7.57. The van der Waals surface area contributed by atoms with Crippen molar-refractivity contribution < 1.29 is 4.74 Å². The maximum Gasteiger partial charge on any atom is 0.119 e. The molecule has 1 aliphatic rings. The van der Waals surface area contributed by atoms with E-state index >= 15 is 0 Å². The van der Waals surface area contributed by atoms with E-state index in [9.17, 15) is 0 Å². The van der Waals surface area contributed by atoms with Crippen molar-refractivity contribution in [3.8, 4) is 17.0 Å². The summed E-state index contributed by atoms with van der Waals surface area (Å²) in [5, 5.41) is 9.12. The molecule has 0 N–H and O–H groups in total. The first-order valence-electron chi connectivity index (χ1n) is 11.9. The summed E-state index contributed by atoms with van der Waals surface area (Å²) in [6.45, 7) is 5.29. The molecule has 1 saturated carbocycles. The van der Waals surface area contributed by atoms with E-state index in [1.165, 1.54) is 69.9 Å². The van der Waals surface area contributed by atoms with Gasteiger partial charge in [-0.15, -0.1) is 0 Å². The molecule has 0 amide bonds. The minimum absolute atomic E-state index is 0.595.